The minimum Gasteiger partial charge on any atom is -0.453 e. The fraction of sp³-hybridized carbons (Fsp3) is 0.348. The van der Waals surface area contributed by atoms with E-state index >= 15 is 0 Å². The first-order chi connectivity index (χ1) is 17.2. The van der Waals surface area contributed by atoms with Gasteiger partial charge in [-0.1, -0.05) is 6.42 Å². The Morgan fingerprint density at radius 3 is 2.61 bits per heavy atom. The Balaban J connectivity index is 1.49. The van der Waals surface area contributed by atoms with Crippen molar-refractivity contribution in [3.05, 3.63) is 58.1 Å². The number of ether oxygens (including phenoxy) is 1. The molecule has 2 aliphatic rings. The van der Waals surface area contributed by atoms with Crippen LogP contribution >= 0.6 is 0 Å². The Hall–Kier alpha value is -3.63. The van der Waals surface area contributed by atoms with Gasteiger partial charge < -0.3 is 4.74 Å². The first kappa shape index (κ1) is 24.1. The lowest BCUT2D eigenvalue weighted by Crippen LogP contribution is -2.62. The number of fused-ring (bicyclic) bond motifs is 1. The van der Waals surface area contributed by atoms with E-state index in [4.69, 9.17) is 4.74 Å². The zero-order valence-electron chi connectivity index (χ0n) is 18.8. The van der Waals surface area contributed by atoms with E-state index in [1.807, 2.05) is 0 Å². The van der Waals surface area contributed by atoms with Crippen LogP contribution in [-0.4, -0.2) is 42.0 Å². The summed E-state index contributed by atoms with van der Waals surface area (Å²) in [5.41, 5.74) is -1.38. The average Bonchev–Trinajstić information content (AvgIpc) is 2.77. The number of nitriles is 1. The van der Waals surface area contributed by atoms with Gasteiger partial charge >= 0.3 is 10.2 Å². The van der Waals surface area contributed by atoms with Crippen LogP contribution in [0.5, 0.6) is 11.5 Å². The van der Waals surface area contributed by atoms with Crippen molar-refractivity contribution in [2.24, 2.45) is 5.41 Å². The number of anilines is 1. The van der Waals surface area contributed by atoms with Crippen LogP contribution in [0.15, 0.2) is 35.4 Å². The number of nitrogens with zero attached hydrogens (tertiary/aromatic N) is 4. The van der Waals surface area contributed by atoms with Gasteiger partial charge in [-0.2, -0.15) is 22.4 Å². The van der Waals surface area contributed by atoms with E-state index in [9.17, 15) is 31.6 Å². The summed E-state index contributed by atoms with van der Waals surface area (Å²) in [7, 11) is -4.12. The second-order valence-electron chi connectivity index (χ2n) is 8.98. The third kappa shape index (κ3) is 4.06. The Labute approximate surface area is 203 Å². The molecule has 1 saturated heterocycles. The maximum atomic E-state index is 14.7. The average molecular weight is 520 g/mol. The number of alkyl halides is 1. The molecule has 5 rings (SSSR count). The van der Waals surface area contributed by atoms with E-state index in [0.29, 0.717) is 19.2 Å². The number of hydrogen-bond donors (Lipinski definition) is 1. The summed E-state index contributed by atoms with van der Waals surface area (Å²) in [6.45, 7) is -0.364. The maximum absolute atomic E-state index is 14.7. The standard InChI is InChI=1S/C23H20F3N5O4S/c24-6-7-30-13-28-18-3-2-14(8-15(18)22(30)32)35-21-16(10-27)19(9-17(25)20(21)26)29-36(33,34)31-11-23(12-31)4-1-5-23/h2-3,8-9,13,29H,1,4-7,11-12H2. The molecule has 0 unspecified atom stereocenters. The van der Waals surface area contributed by atoms with Crippen molar-refractivity contribution in [2.45, 2.75) is 25.8 Å². The molecule has 0 atom stereocenters. The van der Waals surface area contributed by atoms with E-state index in [-0.39, 0.29) is 28.6 Å². The molecule has 13 heteroatoms. The Morgan fingerprint density at radius 2 is 1.97 bits per heavy atom. The highest BCUT2D eigenvalue weighted by Crippen LogP contribution is 2.49. The highest BCUT2D eigenvalue weighted by Gasteiger charge is 2.51. The van der Waals surface area contributed by atoms with Gasteiger partial charge in [0.2, 0.25) is 5.82 Å². The molecule has 2 fully saturated rings. The molecule has 1 saturated carbocycles. The Morgan fingerprint density at radius 1 is 1.22 bits per heavy atom. The van der Waals surface area contributed by atoms with Gasteiger partial charge in [0.05, 0.1) is 29.5 Å². The molecule has 1 spiro atoms. The summed E-state index contributed by atoms with van der Waals surface area (Å²) in [6, 6.07) is 6.16. The number of halogens is 3. The zero-order valence-corrected chi connectivity index (χ0v) is 19.6. The lowest BCUT2D eigenvalue weighted by Gasteiger charge is -2.54. The molecule has 3 aromatic rings. The number of hydrogen-bond acceptors (Lipinski definition) is 6. The normalized spacial score (nSPS) is 16.8. The lowest BCUT2D eigenvalue weighted by molar-refractivity contribution is -0.00752. The van der Waals surface area contributed by atoms with Crippen molar-refractivity contribution >= 4 is 26.8 Å². The number of aryl methyl sites for hydroxylation is 1. The largest absolute Gasteiger partial charge is 0.453 e. The predicted octanol–water partition coefficient (Wildman–Crippen LogP) is 3.45. The highest BCUT2D eigenvalue weighted by atomic mass is 32.2. The molecule has 1 aliphatic carbocycles. The number of rotatable bonds is 7. The van der Waals surface area contributed by atoms with Crippen molar-refractivity contribution in [1.29, 1.82) is 5.26 Å². The Kier molecular flexibility index (Phi) is 5.88. The Bertz CT molecular complexity index is 1570. The van der Waals surface area contributed by atoms with Crippen LogP contribution in [0.4, 0.5) is 18.9 Å². The molecule has 0 bridgehead atoms. The first-order valence-corrected chi connectivity index (χ1v) is 12.5. The molecule has 0 amide bonds. The summed E-state index contributed by atoms with van der Waals surface area (Å²) in [5.74, 6) is -3.92. The zero-order chi connectivity index (χ0) is 25.7. The van der Waals surface area contributed by atoms with Gasteiger partial charge in [0.25, 0.3) is 5.56 Å². The molecular formula is C23H20F3N5O4S. The van der Waals surface area contributed by atoms with Gasteiger partial charge in [-0.05, 0) is 36.5 Å². The van der Waals surface area contributed by atoms with Crippen molar-refractivity contribution in [3.63, 3.8) is 0 Å². The van der Waals surface area contributed by atoms with Crippen LogP contribution in [0.3, 0.4) is 0 Å². The van der Waals surface area contributed by atoms with Crippen LogP contribution in [0.2, 0.25) is 0 Å². The lowest BCUT2D eigenvalue weighted by atomic mass is 9.65. The van der Waals surface area contributed by atoms with Gasteiger partial charge in [-0.3, -0.25) is 14.1 Å². The van der Waals surface area contributed by atoms with Gasteiger partial charge in [0.15, 0.2) is 11.6 Å². The highest BCUT2D eigenvalue weighted by molar-refractivity contribution is 7.90. The molecule has 188 valence electrons. The topological polar surface area (TPSA) is 117 Å². The van der Waals surface area contributed by atoms with Gasteiger partial charge in [0, 0.05) is 19.2 Å². The van der Waals surface area contributed by atoms with E-state index in [1.54, 1.807) is 6.07 Å². The van der Waals surface area contributed by atoms with Gasteiger partial charge in [-0.25, -0.2) is 13.8 Å². The molecule has 2 heterocycles. The summed E-state index contributed by atoms with van der Waals surface area (Å²) in [5, 5.41) is 9.70. The molecule has 1 aromatic heterocycles. The third-order valence-corrected chi connectivity index (χ3v) is 8.06. The molecule has 2 aromatic carbocycles. The van der Waals surface area contributed by atoms with Crippen LogP contribution in [0, 0.1) is 28.4 Å². The van der Waals surface area contributed by atoms with E-state index in [1.165, 1.54) is 28.8 Å². The van der Waals surface area contributed by atoms with Gasteiger partial charge in [0.1, 0.15) is 24.1 Å². The van der Waals surface area contributed by atoms with Gasteiger partial charge in [-0.15, -0.1) is 0 Å². The summed E-state index contributed by atoms with van der Waals surface area (Å²) >= 11 is 0. The predicted molar refractivity (Wildman–Crippen MR) is 124 cm³/mol. The van der Waals surface area contributed by atoms with Crippen molar-refractivity contribution in [3.8, 4) is 17.6 Å². The summed E-state index contributed by atoms with van der Waals surface area (Å²) in [4.78, 5) is 16.6. The molecule has 1 N–H and O–H groups in total. The summed E-state index contributed by atoms with van der Waals surface area (Å²) < 4.78 is 77.4. The van der Waals surface area contributed by atoms with Crippen LogP contribution in [-0.2, 0) is 16.8 Å². The van der Waals surface area contributed by atoms with Crippen molar-refractivity contribution in [1.82, 2.24) is 13.9 Å². The fourth-order valence-corrected chi connectivity index (χ4v) is 5.98. The molecule has 9 nitrogen and oxygen atoms in total. The quantitative estimate of drug-likeness (QED) is 0.511. The smallest absolute Gasteiger partial charge is 0.301 e. The third-order valence-electron chi connectivity index (χ3n) is 6.65. The minimum absolute atomic E-state index is 0.0111. The summed E-state index contributed by atoms with van der Waals surface area (Å²) in [6.07, 6.45) is 4.10. The monoisotopic (exact) mass is 519 g/mol. The maximum Gasteiger partial charge on any atom is 0.301 e. The minimum atomic E-state index is -4.12. The molecule has 36 heavy (non-hydrogen) atoms. The van der Waals surface area contributed by atoms with E-state index < -0.39 is 51.1 Å². The second-order valence-corrected chi connectivity index (χ2v) is 10.6. The van der Waals surface area contributed by atoms with Crippen LogP contribution in [0.1, 0.15) is 24.8 Å². The van der Waals surface area contributed by atoms with E-state index in [2.05, 4.69) is 9.71 Å². The second kappa shape index (κ2) is 8.79. The first-order valence-electron chi connectivity index (χ1n) is 11.1. The van der Waals surface area contributed by atoms with E-state index in [0.717, 1.165) is 23.8 Å². The number of benzene rings is 2. The SMILES string of the molecule is N#Cc1c(NS(=O)(=O)N2CC3(CCC3)C2)cc(F)c(F)c1Oc1ccc2ncn(CCF)c(=O)c2c1. The fourth-order valence-electron chi connectivity index (χ4n) is 4.53. The van der Waals surface area contributed by atoms with Crippen molar-refractivity contribution < 1.29 is 26.3 Å². The van der Waals surface area contributed by atoms with Crippen LogP contribution < -0.4 is 15.0 Å². The molecule has 1 aliphatic heterocycles. The number of aromatic nitrogens is 2. The molecular weight excluding hydrogens is 499 g/mol. The molecule has 0 radical (unpaired) electrons. The van der Waals surface area contributed by atoms with Crippen LogP contribution in [0.25, 0.3) is 10.9 Å². The van der Waals surface area contributed by atoms with Crippen molar-refractivity contribution in [2.75, 3.05) is 24.5 Å². The number of nitrogens with one attached hydrogen (secondary N) is 1.